The number of benzene rings is 1. The highest BCUT2D eigenvalue weighted by molar-refractivity contribution is 7.89. The zero-order valence-electron chi connectivity index (χ0n) is 10.7. The van der Waals surface area contributed by atoms with Gasteiger partial charge in [-0.25, -0.2) is 8.42 Å². The summed E-state index contributed by atoms with van der Waals surface area (Å²) in [5, 5.41) is 18.7. The van der Waals surface area contributed by atoms with Crippen molar-refractivity contribution in [3.63, 3.8) is 0 Å². The molecule has 0 saturated carbocycles. The monoisotopic (exact) mass is 319 g/mol. The van der Waals surface area contributed by atoms with Crippen molar-refractivity contribution in [2.24, 2.45) is 0 Å². The number of hydrogen-bond donors (Lipinski definition) is 2. The van der Waals surface area contributed by atoms with Crippen LogP contribution in [0, 0.1) is 6.92 Å². The molecule has 2 unspecified atom stereocenters. The minimum atomic E-state index is -4.05. The lowest BCUT2D eigenvalue weighted by molar-refractivity contribution is -0.140. The van der Waals surface area contributed by atoms with Crippen LogP contribution in [0.15, 0.2) is 23.1 Å². The third kappa shape index (κ3) is 2.67. The van der Waals surface area contributed by atoms with Crippen molar-refractivity contribution in [3.05, 3.63) is 28.8 Å². The summed E-state index contributed by atoms with van der Waals surface area (Å²) >= 11 is 5.94. The summed E-state index contributed by atoms with van der Waals surface area (Å²) in [5.74, 6) is -1.28. The fraction of sp³-hybridized carbons (Fsp3) is 0.417. The third-order valence-electron chi connectivity index (χ3n) is 3.19. The van der Waals surface area contributed by atoms with Crippen LogP contribution in [0.5, 0.6) is 0 Å². The number of hydrogen-bond acceptors (Lipinski definition) is 4. The number of carbonyl (C=O) groups is 1. The van der Waals surface area contributed by atoms with Crippen molar-refractivity contribution >= 4 is 27.6 Å². The number of aliphatic hydroxyl groups excluding tert-OH is 1. The van der Waals surface area contributed by atoms with Crippen LogP contribution in [0.4, 0.5) is 0 Å². The Labute approximate surface area is 121 Å². The Bertz CT molecular complexity index is 645. The van der Waals surface area contributed by atoms with Gasteiger partial charge in [0.25, 0.3) is 0 Å². The van der Waals surface area contributed by atoms with E-state index in [0.29, 0.717) is 0 Å². The number of rotatable bonds is 3. The summed E-state index contributed by atoms with van der Waals surface area (Å²) in [6.45, 7) is 1.52. The van der Waals surface area contributed by atoms with E-state index >= 15 is 0 Å². The van der Waals surface area contributed by atoms with Crippen LogP contribution >= 0.6 is 11.6 Å². The molecule has 0 aromatic heterocycles. The van der Waals surface area contributed by atoms with E-state index in [1.165, 1.54) is 12.1 Å². The minimum Gasteiger partial charge on any atom is -0.480 e. The molecule has 0 amide bonds. The molecule has 0 aliphatic carbocycles. The Hall–Kier alpha value is -1.15. The summed E-state index contributed by atoms with van der Waals surface area (Å²) < 4.78 is 25.8. The smallest absolute Gasteiger partial charge is 0.322 e. The number of carboxylic acid groups (broad SMARTS) is 1. The molecule has 1 aromatic carbocycles. The van der Waals surface area contributed by atoms with Crippen LogP contribution in [-0.4, -0.2) is 47.6 Å². The molecule has 1 aliphatic rings. The average Bonchev–Trinajstić information content (AvgIpc) is 2.71. The standard InChI is InChI=1S/C12H14ClNO5S/c1-7-2-3-11(9(13)4-7)20(18,19)14-6-8(15)5-10(14)12(16)17/h2-4,8,10,15H,5-6H2,1H3,(H,16,17). The lowest BCUT2D eigenvalue weighted by Crippen LogP contribution is -2.40. The Morgan fingerprint density at radius 2 is 2.10 bits per heavy atom. The van der Waals surface area contributed by atoms with E-state index in [1.807, 2.05) is 0 Å². The molecule has 1 heterocycles. The van der Waals surface area contributed by atoms with E-state index < -0.39 is 28.1 Å². The minimum absolute atomic E-state index is 0.0375. The molecule has 2 rings (SSSR count). The molecule has 1 aromatic rings. The molecule has 2 N–H and O–H groups in total. The summed E-state index contributed by atoms with van der Waals surface area (Å²) in [7, 11) is -4.05. The largest absolute Gasteiger partial charge is 0.480 e. The van der Waals surface area contributed by atoms with Crippen molar-refractivity contribution < 1.29 is 23.4 Å². The number of β-amino-alcohol motifs (C(OH)–C–C–N with tert-alkyl or cyclic N) is 1. The number of sulfonamides is 1. The fourth-order valence-corrected chi connectivity index (χ4v) is 4.42. The van der Waals surface area contributed by atoms with Crippen LogP contribution in [0.25, 0.3) is 0 Å². The predicted octanol–water partition coefficient (Wildman–Crippen LogP) is 0.857. The molecular formula is C12H14ClNO5S. The Morgan fingerprint density at radius 1 is 1.45 bits per heavy atom. The van der Waals surface area contributed by atoms with Crippen molar-refractivity contribution in [2.45, 2.75) is 30.4 Å². The molecule has 20 heavy (non-hydrogen) atoms. The maximum Gasteiger partial charge on any atom is 0.322 e. The van der Waals surface area contributed by atoms with Crippen molar-refractivity contribution in [3.8, 4) is 0 Å². The lowest BCUT2D eigenvalue weighted by atomic mass is 10.2. The van der Waals surface area contributed by atoms with Crippen molar-refractivity contribution in [1.29, 1.82) is 0 Å². The maximum absolute atomic E-state index is 12.5. The van der Waals surface area contributed by atoms with Gasteiger partial charge in [0.2, 0.25) is 10.0 Å². The van der Waals surface area contributed by atoms with Gasteiger partial charge in [-0.15, -0.1) is 0 Å². The summed E-state index contributed by atoms with van der Waals surface area (Å²) in [6.07, 6.45) is -1.12. The summed E-state index contributed by atoms with van der Waals surface area (Å²) in [4.78, 5) is 11.0. The highest BCUT2D eigenvalue weighted by Gasteiger charge is 2.44. The van der Waals surface area contributed by atoms with E-state index in [2.05, 4.69) is 0 Å². The van der Waals surface area contributed by atoms with E-state index in [0.717, 1.165) is 9.87 Å². The van der Waals surface area contributed by atoms with E-state index in [9.17, 15) is 18.3 Å². The molecule has 110 valence electrons. The first kappa shape index (κ1) is 15.2. The molecule has 1 saturated heterocycles. The first-order chi connectivity index (χ1) is 9.23. The Balaban J connectivity index is 2.46. The van der Waals surface area contributed by atoms with Crippen molar-refractivity contribution in [1.82, 2.24) is 4.31 Å². The zero-order chi connectivity index (χ0) is 15.1. The molecule has 0 bridgehead atoms. The van der Waals surface area contributed by atoms with Crippen LogP contribution in [-0.2, 0) is 14.8 Å². The molecular weight excluding hydrogens is 306 g/mol. The molecule has 0 spiro atoms. The predicted molar refractivity (Wildman–Crippen MR) is 72.1 cm³/mol. The molecule has 8 heteroatoms. The van der Waals surface area contributed by atoms with Gasteiger partial charge in [0, 0.05) is 13.0 Å². The van der Waals surface area contributed by atoms with Crippen LogP contribution in [0.1, 0.15) is 12.0 Å². The second-order valence-corrected chi connectivity index (χ2v) is 7.02. The van der Waals surface area contributed by atoms with Gasteiger partial charge < -0.3 is 10.2 Å². The van der Waals surface area contributed by atoms with Crippen LogP contribution in [0.2, 0.25) is 5.02 Å². The van der Waals surface area contributed by atoms with Crippen molar-refractivity contribution in [2.75, 3.05) is 6.54 Å². The highest BCUT2D eigenvalue weighted by Crippen LogP contribution is 2.30. The van der Waals surface area contributed by atoms with Gasteiger partial charge >= 0.3 is 5.97 Å². The summed E-state index contributed by atoms with van der Waals surface area (Å²) in [6, 6.07) is 3.15. The first-order valence-corrected chi connectivity index (χ1v) is 7.74. The molecule has 1 aliphatic heterocycles. The van der Waals surface area contributed by atoms with Crippen LogP contribution < -0.4 is 0 Å². The second-order valence-electron chi connectivity index (χ2n) is 4.75. The van der Waals surface area contributed by atoms with Gasteiger partial charge in [-0.2, -0.15) is 4.31 Å². The van der Waals surface area contributed by atoms with Crippen LogP contribution in [0.3, 0.4) is 0 Å². The van der Waals surface area contributed by atoms with E-state index in [4.69, 9.17) is 16.7 Å². The van der Waals surface area contributed by atoms with E-state index in [1.54, 1.807) is 13.0 Å². The van der Waals surface area contributed by atoms with Gasteiger partial charge in [0.1, 0.15) is 10.9 Å². The van der Waals surface area contributed by atoms with Gasteiger partial charge in [0.05, 0.1) is 11.1 Å². The SMILES string of the molecule is Cc1ccc(S(=O)(=O)N2CC(O)CC2C(=O)O)c(Cl)c1. The Morgan fingerprint density at radius 3 is 2.65 bits per heavy atom. The van der Waals surface area contributed by atoms with Gasteiger partial charge in [-0.1, -0.05) is 17.7 Å². The molecule has 0 radical (unpaired) electrons. The Kier molecular flexibility index (Phi) is 4.06. The first-order valence-electron chi connectivity index (χ1n) is 5.92. The normalized spacial score (nSPS) is 23.9. The zero-order valence-corrected chi connectivity index (χ0v) is 12.2. The molecule has 1 fully saturated rings. The average molecular weight is 320 g/mol. The second kappa shape index (κ2) is 5.33. The number of nitrogens with zero attached hydrogens (tertiary/aromatic N) is 1. The number of aliphatic carboxylic acids is 1. The highest BCUT2D eigenvalue weighted by atomic mass is 35.5. The lowest BCUT2D eigenvalue weighted by Gasteiger charge is -2.21. The number of aryl methyl sites for hydroxylation is 1. The maximum atomic E-state index is 12.5. The third-order valence-corrected chi connectivity index (χ3v) is 5.55. The van der Waals surface area contributed by atoms with E-state index in [-0.39, 0.29) is 22.9 Å². The number of carboxylic acids is 1. The van der Waals surface area contributed by atoms with Gasteiger partial charge in [-0.05, 0) is 24.6 Å². The van der Waals surface area contributed by atoms with Gasteiger partial charge in [0.15, 0.2) is 0 Å². The quantitative estimate of drug-likeness (QED) is 0.861. The van der Waals surface area contributed by atoms with Gasteiger partial charge in [-0.3, -0.25) is 4.79 Å². The molecule has 6 nitrogen and oxygen atoms in total. The topological polar surface area (TPSA) is 94.9 Å². The fourth-order valence-electron chi connectivity index (χ4n) is 2.22. The number of halogens is 1. The summed E-state index contributed by atoms with van der Waals surface area (Å²) in [5.41, 5.74) is 0.796. The number of aliphatic hydroxyl groups is 1. The molecule has 2 atom stereocenters.